The van der Waals surface area contributed by atoms with E-state index in [0.29, 0.717) is 10.7 Å². The standard InChI is InChI=1S/C17H19FN2O3S/c1-10(2)17(3,16(22)23)20-14(21)8-13-9-24-15(19-13)11-4-6-12(18)7-5-11/h4-7,9-10H,8H2,1-3H3,(H,20,21)(H,22,23). The highest BCUT2D eigenvalue weighted by molar-refractivity contribution is 7.13. The number of aromatic nitrogens is 1. The minimum atomic E-state index is -1.33. The monoisotopic (exact) mass is 350 g/mol. The molecule has 2 rings (SSSR count). The number of thiazole rings is 1. The molecule has 7 heteroatoms. The maximum absolute atomic E-state index is 12.9. The van der Waals surface area contributed by atoms with Crippen LogP contribution in [0.25, 0.3) is 10.6 Å². The summed E-state index contributed by atoms with van der Waals surface area (Å²) in [7, 11) is 0. The molecule has 5 nitrogen and oxygen atoms in total. The second-order valence-electron chi connectivity index (χ2n) is 6.04. The molecule has 0 saturated heterocycles. The number of halogens is 1. The van der Waals surface area contributed by atoms with Gasteiger partial charge in [0, 0.05) is 10.9 Å². The van der Waals surface area contributed by atoms with Gasteiger partial charge in [-0.1, -0.05) is 13.8 Å². The Balaban J connectivity index is 2.08. The fourth-order valence-electron chi connectivity index (χ4n) is 2.06. The van der Waals surface area contributed by atoms with E-state index in [9.17, 15) is 19.1 Å². The first-order valence-corrected chi connectivity index (χ1v) is 8.35. The first-order valence-electron chi connectivity index (χ1n) is 7.47. The summed E-state index contributed by atoms with van der Waals surface area (Å²) in [5, 5.41) is 14.3. The van der Waals surface area contributed by atoms with Crippen molar-refractivity contribution in [2.24, 2.45) is 5.92 Å². The fourth-order valence-corrected chi connectivity index (χ4v) is 2.88. The van der Waals surface area contributed by atoms with E-state index in [1.54, 1.807) is 31.4 Å². The molecule has 1 amide bonds. The molecule has 1 aromatic carbocycles. The summed E-state index contributed by atoms with van der Waals surface area (Å²) in [5.41, 5.74) is -0.00804. The van der Waals surface area contributed by atoms with Gasteiger partial charge in [0.2, 0.25) is 5.91 Å². The minimum absolute atomic E-state index is 0.00666. The quantitative estimate of drug-likeness (QED) is 0.839. The maximum Gasteiger partial charge on any atom is 0.329 e. The summed E-state index contributed by atoms with van der Waals surface area (Å²) in [6.45, 7) is 4.97. The molecule has 1 atom stereocenters. The fraction of sp³-hybridized carbons (Fsp3) is 0.353. The van der Waals surface area contributed by atoms with Gasteiger partial charge >= 0.3 is 5.97 Å². The summed E-state index contributed by atoms with van der Waals surface area (Å²) in [4.78, 5) is 27.9. The van der Waals surface area contributed by atoms with E-state index >= 15 is 0 Å². The molecule has 24 heavy (non-hydrogen) atoms. The number of rotatable bonds is 6. The molecule has 1 heterocycles. The van der Waals surface area contributed by atoms with E-state index in [1.165, 1.54) is 30.4 Å². The van der Waals surface area contributed by atoms with Crippen LogP contribution >= 0.6 is 11.3 Å². The van der Waals surface area contributed by atoms with Gasteiger partial charge in [-0.25, -0.2) is 14.2 Å². The first-order chi connectivity index (χ1) is 11.2. The number of carboxylic acid groups (broad SMARTS) is 1. The second-order valence-corrected chi connectivity index (χ2v) is 6.90. The van der Waals surface area contributed by atoms with E-state index in [-0.39, 0.29) is 18.2 Å². The zero-order valence-corrected chi connectivity index (χ0v) is 14.5. The van der Waals surface area contributed by atoms with Gasteiger partial charge in [-0.05, 0) is 37.1 Å². The second kappa shape index (κ2) is 7.09. The van der Waals surface area contributed by atoms with Gasteiger partial charge in [0.1, 0.15) is 16.4 Å². The normalized spacial score (nSPS) is 13.5. The number of nitrogens with one attached hydrogen (secondary N) is 1. The Hall–Kier alpha value is -2.28. The van der Waals surface area contributed by atoms with Crippen molar-refractivity contribution in [3.8, 4) is 10.6 Å². The van der Waals surface area contributed by atoms with Crippen LogP contribution in [0.5, 0.6) is 0 Å². The van der Waals surface area contributed by atoms with Gasteiger partial charge in [-0.3, -0.25) is 4.79 Å². The van der Waals surface area contributed by atoms with E-state index in [2.05, 4.69) is 10.3 Å². The Morgan fingerprint density at radius 2 is 1.96 bits per heavy atom. The molecule has 1 aromatic heterocycles. The van der Waals surface area contributed by atoms with Crippen LogP contribution in [0, 0.1) is 11.7 Å². The lowest BCUT2D eigenvalue weighted by molar-refractivity contribution is -0.148. The molecule has 0 aliphatic heterocycles. The lowest BCUT2D eigenvalue weighted by Crippen LogP contribution is -2.56. The lowest BCUT2D eigenvalue weighted by Gasteiger charge is -2.30. The molecule has 0 fully saturated rings. The number of carbonyl (C=O) groups excluding carboxylic acids is 1. The Morgan fingerprint density at radius 3 is 2.50 bits per heavy atom. The predicted octanol–water partition coefficient (Wildman–Crippen LogP) is 3.11. The van der Waals surface area contributed by atoms with Crippen LogP contribution in [0.4, 0.5) is 4.39 Å². The number of hydrogen-bond donors (Lipinski definition) is 2. The van der Waals surface area contributed by atoms with Crippen molar-refractivity contribution < 1.29 is 19.1 Å². The molecule has 0 spiro atoms. The third-order valence-electron chi connectivity index (χ3n) is 3.98. The van der Waals surface area contributed by atoms with E-state index in [1.807, 2.05) is 0 Å². The lowest BCUT2D eigenvalue weighted by atomic mass is 9.88. The third-order valence-corrected chi connectivity index (χ3v) is 4.92. The number of carboxylic acids is 1. The van der Waals surface area contributed by atoms with Crippen LogP contribution in [0.15, 0.2) is 29.6 Å². The Kier molecular flexibility index (Phi) is 5.33. The van der Waals surface area contributed by atoms with Gasteiger partial charge in [-0.2, -0.15) is 0 Å². The van der Waals surface area contributed by atoms with E-state index in [4.69, 9.17) is 0 Å². The summed E-state index contributed by atoms with van der Waals surface area (Å²) < 4.78 is 12.9. The zero-order chi connectivity index (χ0) is 17.9. The smallest absolute Gasteiger partial charge is 0.329 e. The molecule has 0 aliphatic carbocycles. The summed E-state index contributed by atoms with van der Waals surface area (Å²) >= 11 is 1.35. The van der Waals surface area contributed by atoms with Crippen molar-refractivity contribution in [3.05, 3.63) is 41.2 Å². The Bertz CT molecular complexity index is 743. The van der Waals surface area contributed by atoms with E-state index < -0.39 is 17.4 Å². The maximum atomic E-state index is 12.9. The molecule has 0 saturated carbocycles. The molecule has 1 unspecified atom stereocenters. The van der Waals surface area contributed by atoms with Gasteiger partial charge in [-0.15, -0.1) is 11.3 Å². The van der Waals surface area contributed by atoms with Crippen molar-refractivity contribution in [3.63, 3.8) is 0 Å². The van der Waals surface area contributed by atoms with Crippen molar-refractivity contribution in [2.45, 2.75) is 32.7 Å². The highest BCUT2D eigenvalue weighted by Crippen LogP contribution is 2.24. The van der Waals surface area contributed by atoms with Crippen molar-refractivity contribution in [2.75, 3.05) is 0 Å². The molecule has 2 N–H and O–H groups in total. The topological polar surface area (TPSA) is 79.3 Å². The summed E-state index contributed by atoms with van der Waals surface area (Å²) in [6, 6.07) is 5.95. The number of hydrogen-bond acceptors (Lipinski definition) is 4. The Labute approximate surface area is 143 Å². The molecular formula is C17H19FN2O3S. The number of benzene rings is 1. The highest BCUT2D eigenvalue weighted by atomic mass is 32.1. The van der Waals surface area contributed by atoms with Crippen LogP contribution in [0.1, 0.15) is 26.5 Å². The molecule has 0 bridgehead atoms. The van der Waals surface area contributed by atoms with Gasteiger partial charge in [0.05, 0.1) is 12.1 Å². The SMILES string of the molecule is CC(C)C(C)(NC(=O)Cc1csc(-c2ccc(F)cc2)n1)C(=O)O. The van der Waals surface area contributed by atoms with Crippen LogP contribution in [-0.4, -0.2) is 27.5 Å². The van der Waals surface area contributed by atoms with Crippen LogP contribution in [0.3, 0.4) is 0 Å². The minimum Gasteiger partial charge on any atom is -0.480 e. The molecule has 2 aromatic rings. The number of nitrogens with zero attached hydrogens (tertiary/aromatic N) is 1. The number of aliphatic carboxylic acids is 1. The average molecular weight is 350 g/mol. The van der Waals surface area contributed by atoms with Gasteiger partial charge in [0.25, 0.3) is 0 Å². The predicted molar refractivity (Wildman–Crippen MR) is 90.2 cm³/mol. The molecular weight excluding hydrogens is 331 g/mol. The first kappa shape index (κ1) is 18.1. The average Bonchev–Trinajstić information content (AvgIpc) is 2.95. The molecule has 128 valence electrons. The molecule has 0 radical (unpaired) electrons. The van der Waals surface area contributed by atoms with Crippen molar-refractivity contribution in [1.29, 1.82) is 0 Å². The number of carbonyl (C=O) groups is 2. The summed E-state index contributed by atoms with van der Waals surface area (Å²) in [6.07, 6.45) is -0.00666. The van der Waals surface area contributed by atoms with Crippen LogP contribution in [0.2, 0.25) is 0 Å². The number of amides is 1. The van der Waals surface area contributed by atoms with Gasteiger partial charge in [0.15, 0.2) is 0 Å². The highest BCUT2D eigenvalue weighted by Gasteiger charge is 2.38. The van der Waals surface area contributed by atoms with Crippen LogP contribution in [-0.2, 0) is 16.0 Å². The van der Waals surface area contributed by atoms with Crippen LogP contribution < -0.4 is 5.32 Å². The van der Waals surface area contributed by atoms with E-state index in [0.717, 1.165) is 5.56 Å². The third kappa shape index (κ3) is 3.97. The Morgan fingerprint density at radius 1 is 1.33 bits per heavy atom. The van der Waals surface area contributed by atoms with Gasteiger partial charge < -0.3 is 10.4 Å². The van der Waals surface area contributed by atoms with Crippen molar-refractivity contribution in [1.82, 2.24) is 10.3 Å². The summed E-state index contributed by atoms with van der Waals surface area (Å²) in [5.74, 6) is -2.05. The zero-order valence-electron chi connectivity index (χ0n) is 13.7. The largest absolute Gasteiger partial charge is 0.480 e. The van der Waals surface area contributed by atoms with Crippen molar-refractivity contribution >= 4 is 23.2 Å². The molecule has 0 aliphatic rings.